The number of hydrogen-bond acceptors (Lipinski definition) is 3. The van der Waals surface area contributed by atoms with Crippen LogP contribution in [-0.2, 0) is 9.47 Å². The zero-order valence-corrected chi connectivity index (χ0v) is 7.92. The van der Waals surface area contributed by atoms with E-state index in [1.165, 1.54) is 7.11 Å². The maximum atomic E-state index is 4.83. The van der Waals surface area contributed by atoms with Gasteiger partial charge in [0.2, 0.25) is 5.88 Å². The Morgan fingerprint density at radius 1 is 1.08 bits per heavy atom. The molecule has 0 amide bonds. The molecule has 0 aromatic rings. The van der Waals surface area contributed by atoms with Crippen molar-refractivity contribution in [2.24, 2.45) is 9.98 Å². The number of hydrogen-bond donors (Lipinski definition) is 0. The van der Waals surface area contributed by atoms with E-state index < -0.39 is 0 Å². The van der Waals surface area contributed by atoms with Crippen molar-refractivity contribution in [2.45, 2.75) is 13.8 Å². The Hall–Kier alpha value is -1.32. The van der Waals surface area contributed by atoms with Gasteiger partial charge in [-0.05, 0) is 13.5 Å². The molecule has 0 aromatic heterocycles. The van der Waals surface area contributed by atoms with Crippen LogP contribution < -0.4 is 0 Å². The predicted octanol–water partition coefficient (Wildman–Crippen LogP) is 1.59. The molecule has 0 unspecified atom stereocenters. The fourth-order valence-electron chi connectivity index (χ4n) is 0.525. The van der Waals surface area contributed by atoms with Crippen molar-refractivity contribution in [3.05, 3.63) is 12.5 Å². The Labute approximate surface area is 72.6 Å². The summed E-state index contributed by atoms with van der Waals surface area (Å²) in [6, 6.07) is 0. The molecule has 0 saturated carbocycles. The maximum absolute atomic E-state index is 4.83. The number of rotatable bonds is 2. The first-order chi connectivity index (χ1) is 5.60. The minimum absolute atomic E-state index is 0.333. The summed E-state index contributed by atoms with van der Waals surface area (Å²) in [5.41, 5.74) is 0. The maximum Gasteiger partial charge on any atom is 0.207 e. The fourth-order valence-corrected chi connectivity index (χ4v) is 0.525. The monoisotopic (exact) mass is 170 g/mol. The van der Waals surface area contributed by atoms with Crippen LogP contribution in [0.2, 0.25) is 0 Å². The molecule has 0 heterocycles. The van der Waals surface area contributed by atoms with E-state index in [0.717, 1.165) is 0 Å². The number of aliphatic imine (C=N–C) groups is 2. The first kappa shape index (κ1) is 10.7. The normalized spacial score (nSPS) is 12.7. The Kier molecular flexibility index (Phi) is 4.76. The highest BCUT2D eigenvalue weighted by Crippen LogP contribution is 1.94. The van der Waals surface area contributed by atoms with Crippen LogP contribution in [0.1, 0.15) is 13.8 Å². The van der Waals surface area contributed by atoms with Crippen LogP contribution in [0.5, 0.6) is 0 Å². The predicted molar refractivity (Wildman–Crippen MR) is 49.4 cm³/mol. The Morgan fingerprint density at radius 2 is 1.67 bits per heavy atom. The number of amidine groups is 1. The number of ether oxygens (including phenoxy) is 2. The molecule has 0 N–H and O–H groups in total. The van der Waals surface area contributed by atoms with E-state index in [2.05, 4.69) is 16.6 Å². The molecular weight excluding hydrogens is 156 g/mol. The van der Waals surface area contributed by atoms with Gasteiger partial charge in [0.15, 0.2) is 5.90 Å². The largest absolute Gasteiger partial charge is 0.484 e. The molecule has 0 fully saturated rings. The highest BCUT2D eigenvalue weighted by Gasteiger charge is 1.91. The van der Waals surface area contributed by atoms with Gasteiger partial charge in [0.05, 0.1) is 14.2 Å². The first-order valence-electron chi connectivity index (χ1n) is 3.47. The minimum atomic E-state index is 0.333. The van der Waals surface area contributed by atoms with E-state index in [0.29, 0.717) is 17.6 Å². The lowest BCUT2D eigenvalue weighted by atomic mass is 10.6. The second kappa shape index (κ2) is 5.35. The van der Waals surface area contributed by atoms with Crippen molar-refractivity contribution in [1.82, 2.24) is 0 Å². The average Bonchev–Trinajstić information content (AvgIpc) is 2.03. The van der Waals surface area contributed by atoms with Gasteiger partial charge in [0, 0.05) is 6.92 Å². The SMILES string of the molecule is C=C(N=C(C)N=C(C)OC)OC. The van der Waals surface area contributed by atoms with Crippen molar-refractivity contribution in [1.29, 1.82) is 0 Å². The molecule has 0 radical (unpaired) electrons. The van der Waals surface area contributed by atoms with E-state index in [9.17, 15) is 0 Å². The molecule has 4 nitrogen and oxygen atoms in total. The van der Waals surface area contributed by atoms with Gasteiger partial charge >= 0.3 is 0 Å². The van der Waals surface area contributed by atoms with Gasteiger partial charge in [-0.1, -0.05) is 0 Å². The Balaban J connectivity index is 4.29. The van der Waals surface area contributed by atoms with Crippen LogP contribution in [0.4, 0.5) is 0 Å². The topological polar surface area (TPSA) is 43.2 Å². The van der Waals surface area contributed by atoms with Gasteiger partial charge in [-0.15, -0.1) is 0 Å². The summed E-state index contributed by atoms with van der Waals surface area (Å²) in [5, 5.41) is 0. The zero-order valence-electron chi connectivity index (χ0n) is 7.92. The second-order valence-corrected chi connectivity index (χ2v) is 2.09. The summed E-state index contributed by atoms with van der Waals surface area (Å²) in [4.78, 5) is 7.90. The molecule has 0 rings (SSSR count). The third-order valence-electron chi connectivity index (χ3n) is 1.14. The highest BCUT2D eigenvalue weighted by molar-refractivity contribution is 5.92. The van der Waals surface area contributed by atoms with Gasteiger partial charge in [-0.3, -0.25) is 0 Å². The van der Waals surface area contributed by atoms with E-state index in [-0.39, 0.29) is 0 Å². The van der Waals surface area contributed by atoms with Crippen molar-refractivity contribution in [2.75, 3.05) is 14.2 Å². The van der Waals surface area contributed by atoms with Crippen molar-refractivity contribution < 1.29 is 9.47 Å². The molecule has 4 heteroatoms. The highest BCUT2D eigenvalue weighted by atomic mass is 16.5. The Bertz CT molecular complexity index is 219. The fraction of sp³-hybridized carbons (Fsp3) is 0.500. The summed E-state index contributed by atoms with van der Waals surface area (Å²) in [6.07, 6.45) is 0. The van der Waals surface area contributed by atoms with Crippen LogP contribution >= 0.6 is 0 Å². The molecule has 0 spiro atoms. The van der Waals surface area contributed by atoms with Gasteiger partial charge in [0.25, 0.3) is 0 Å². The molecule has 0 saturated heterocycles. The molecule has 0 aliphatic carbocycles. The smallest absolute Gasteiger partial charge is 0.207 e. The standard InChI is InChI=1S/C8H14N2O2/c1-6(9-7(2)11-4)10-8(3)12-5/h2H2,1,3-5H3. The third kappa shape index (κ3) is 4.49. The molecule has 0 aromatic carbocycles. The van der Waals surface area contributed by atoms with Crippen LogP contribution in [0, 0.1) is 0 Å². The molecule has 0 atom stereocenters. The van der Waals surface area contributed by atoms with Crippen molar-refractivity contribution in [3.8, 4) is 0 Å². The molecule has 0 aliphatic rings. The van der Waals surface area contributed by atoms with Crippen LogP contribution in [-0.4, -0.2) is 26.0 Å². The van der Waals surface area contributed by atoms with E-state index in [1.54, 1.807) is 21.0 Å². The lowest BCUT2D eigenvalue weighted by Gasteiger charge is -1.99. The summed E-state index contributed by atoms with van der Waals surface area (Å²) in [5.74, 6) is 1.45. The van der Waals surface area contributed by atoms with E-state index in [1.807, 2.05) is 0 Å². The first-order valence-corrected chi connectivity index (χ1v) is 3.47. The lowest BCUT2D eigenvalue weighted by molar-refractivity contribution is 0.290. The van der Waals surface area contributed by atoms with Crippen molar-refractivity contribution in [3.63, 3.8) is 0 Å². The summed E-state index contributed by atoms with van der Waals surface area (Å²) in [7, 11) is 3.06. The van der Waals surface area contributed by atoms with Crippen LogP contribution in [0.3, 0.4) is 0 Å². The Morgan fingerprint density at radius 3 is 2.08 bits per heavy atom. The van der Waals surface area contributed by atoms with Gasteiger partial charge in [-0.2, -0.15) is 4.99 Å². The molecular formula is C8H14N2O2. The average molecular weight is 170 g/mol. The van der Waals surface area contributed by atoms with Crippen LogP contribution in [0.25, 0.3) is 0 Å². The zero-order chi connectivity index (χ0) is 9.56. The molecule has 68 valence electrons. The molecule has 12 heavy (non-hydrogen) atoms. The van der Waals surface area contributed by atoms with E-state index in [4.69, 9.17) is 9.47 Å². The van der Waals surface area contributed by atoms with E-state index >= 15 is 0 Å². The van der Waals surface area contributed by atoms with Gasteiger partial charge < -0.3 is 9.47 Å². The molecule has 0 aliphatic heterocycles. The summed E-state index contributed by atoms with van der Waals surface area (Å²) >= 11 is 0. The quantitative estimate of drug-likeness (QED) is 0.359. The number of nitrogens with zero attached hydrogens (tertiary/aromatic N) is 2. The summed E-state index contributed by atoms with van der Waals surface area (Å²) in [6.45, 7) is 7.01. The molecule has 0 bridgehead atoms. The van der Waals surface area contributed by atoms with Crippen molar-refractivity contribution >= 4 is 11.7 Å². The summed E-state index contributed by atoms with van der Waals surface area (Å²) < 4.78 is 9.58. The van der Waals surface area contributed by atoms with Gasteiger partial charge in [-0.25, -0.2) is 4.99 Å². The second-order valence-electron chi connectivity index (χ2n) is 2.09. The third-order valence-corrected chi connectivity index (χ3v) is 1.14. The lowest BCUT2D eigenvalue weighted by Crippen LogP contribution is -1.98. The minimum Gasteiger partial charge on any atom is -0.484 e. The number of methoxy groups -OCH3 is 2. The van der Waals surface area contributed by atoms with Gasteiger partial charge in [0.1, 0.15) is 5.84 Å². The van der Waals surface area contributed by atoms with Crippen LogP contribution in [0.15, 0.2) is 22.4 Å².